The smallest absolute Gasteiger partial charge is 0.443 e. The van der Waals surface area contributed by atoms with Crippen LogP contribution in [0.3, 0.4) is 0 Å². The third-order valence-corrected chi connectivity index (χ3v) is 5.00. The number of benzene rings is 1. The highest BCUT2D eigenvalue weighted by Gasteiger charge is 2.35. The summed E-state index contributed by atoms with van der Waals surface area (Å²) in [6.45, 7) is 1.93. The Balaban J connectivity index is 1.57. The number of carboxylic acid groups (broad SMARTS) is 1. The number of carbonyl (C=O) groups is 1. The molecule has 0 bridgehead atoms. The molecule has 2 aromatic heterocycles. The first-order chi connectivity index (χ1) is 13.1. The minimum Gasteiger partial charge on any atom is -0.475 e. The third kappa shape index (κ3) is 4.70. The summed E-state index contributed by atoms with van der Waals surface area (Å²) in [4.78, 5) is 14.4. The van der Waals surface area contributed by atoms with Crippen LogP contribution < -0.4 is 5.32 Å². The minimum absolute atomic E-state index is 0.0157. The Labute approximate surface area is 161 Å². The molecule has 0 aliphatic rings. The van der Waals surface area contributed by atoms with E-state index in [1.807, 2.05) is 19.1 Å². The summed E-state index contributed by atoms with van der Waals surface area (Å²) in [6, 6.07) is 6.67. The minimum atomic E-state index is -4.52. The fourth-order valence-corrected chi connectivity index (χ4v) is 3.47. The number of aromatic carboxylic acids is 1. The molecule has 0 radical (unpaired) electrons. The van der Waals surface area contributed by atoms with E-state index in [0.29, 0.717) is 28.7 Å². The topological polar surface area (TPSA) is 95.6 Å². The molecule has 1 unspecified atom stereocenters. The summed E-state index contributed by atoms with van der Waals surface area (Å²) in [7, 11) is 0. The normalized spacial score (nSPS) is 14.3. The molecule has 0 amide bonds. The number of nitrogens with one attached hydrogen (secondary N) is 1. The summed E-state index contributed by atoms with van der Waals surface area (Å²) >= 11 is 0.452. The maximum absolute atomic E-state index is 12.6. The Hall–Kier alpha value is -2.43. The van der Waals surface area contributed by atoms with Gasteiger partial charge in [-0.1, -0.05) is 6.07 Å². The number of aliphatic hydroxyl groups excluding tert-OH is 1. The van der Waals surface area contributed by atoms with E-state index in [4.69, 9.17) is 9.52 Å². The SMILES string of the molecule is CC(Cc1ccc2oc(C(=O)O)cc2c1)NC[C@H](O)c1csc(C(F)(F)F)n1. The molecule has 0 saturated heterocycles. The zero-order valence-corrected chi connectivity index (χ0v) is 15.5. The highest BCUT2D eigenvalue weighted by Crippen LogP contribution is 2.32. The van der Waals surface area contributed by atoms with Crippen LogP contribution in [0.25, 0.3) is 11.0 Å². The lowest BCUT2D eigenvalue weighted by Gasteiger charge is -2.16. The van der Waals surface area contributed by atoms with Crippen LogP contribution in [-0.2, 0) is 12.6 Å². The molecule has 3 rings (SSSR count). The molecular weight excluding hydrogens is 397 g/mol. The lowest BCUT2D eigenvalue weighted by molar-refractivity contribution is -0.137. The number of alkyl halides is 3. The number of thiazole rings is 1. The zero-order valence-electron chi connectivity index (χ0n) is 14.7. The second-order valence-corrected chi connectivity index (χ2v) is 7.25. The van der Waals surface area contributed by atoms with Gasteiger partial charge in [0.2, 0.25) is 5.76 Å². The largest absolute Gasteiger partial charge is 0.475 e. The molecule has 0 spiro atoms. The quantitative estimate of drug-likeness (QED) is 0.543. The number of furan rings is 1. The van der Waals surface area contributed by atoms with E-state index in [-0.39, 0.29) is 24.0 Å². The van der Waals surface area contributed by atoms with Gasteiger partial charge in [0.1, 0.15) is 11.7 Å². The van der Waals surface area contributed by atoms with Crippen molar-refractivity contribution < 1.29 is 32.6 Å². The van der Waals surface area contributed by atoms with Crippen molar-refractivity contribution in [1.82, 2.24) is 10.3 Å². The van der Waals surface area contributed by atoms with E-state index in [0.717, 1.165) is 5.56 Å². The number of fused-ring (bicyclic) bond motifs is 1. The Kier molecular flexibility index (Phi) is 5.73. The van der Waals surface area contributed by atoms with Gasteiger partial charge >= 0.3 is 12.1 Å². The number of nitrogens with zero attached hydrogens (tertiary/aromatic N) is 1. The average molecular weight is 414 g/mol. The van der Waals surface area contributed by atoms with E-state index in [9.17, 15) is 23.1 Å². The Morgan fingerprint density at radius 2 is 2.11 bits per heavy atom. The molecule has 6 nitrogen and oxygen atoms in total. The molecule has 0 aliphatic carbocycles. The number of hydrogen-bond acceptors (Lipinski definition) is 6. The Morgan fingerprint density at radius 3 is 2.75 bits per heavy atom. The predicted molar refractivity (Wildman–Crippen MR) is 96.4 cm³/mol. The van der Waals surface area contributed by atoms with Gasteiger partial charge in [-0.3, -0.25) is 0 Å². The van der Waals surface area contributed by atoms with Crippen molar-refractivity contribution in [3.8, 4) is 0 Å². The molecule has 150 valence electrons. The second kappa shape index (κ2) is 7.90. The van der Waals surface area contributed by atoms with Crippen LogP contribution in [0.1, 0.15) is 39.8 Å². The van der Waals surface area contributed by atoms with E-state index in [1.165, 1.54) is 11.4 Å². The van der Waals surface area contributed by atoms with E-state index in [2.05, 4.69) is 10.3 Å². The molecular formula is C18H17F3N2O4S. The van der Waals surface area contributed by atoms with Crippen molar-refractivity contribution >= 4 is 28.3 Å². The van der Waals surface area contributed by atoms with Gasteiger partial charge in [-0.15, -0.1) is 11.3 Å². The molecule has 0 aliphatic heterocycles. The lowest BCUT2D eigenvalue weighted by atomic mass is 10.1. The van der Waals surface area contributed by atoms with Crippen LogP contribution in [-0.4, -0.2) is 33.8 Å². The number of aliphatic hydroxyl groups is 1. The maximum Gasteiger partial charge on any atom is 0.443 e. The Bertz CT molecular complexity index is 983. The van der Waals surface area contributed by atoms with Gasteiger partial charge in [-0.2, -0.15) is 13.2 Å². The van der Waals surface area contributed by atoms with Crippen molar-refractivity contribution in [3.63, 3.8) is 0 Å². The number of hydrogen-bond donors (Lipinski definition) is 3. The molecule has 28 heavy (non-hydrogen) atoms. The third-order valence-electron chi connectivity index (χ3n) is 4.10. The number of aromatic nitrogens is 1. The monoisotopic (exact) mass is 414 g/mol. The maximum atomic E-state index is 12.6. The van der Waals surface area contributed by atoms with Crippen molar-refractivity contribution in [2.75, 3.05) is 6.54 Å². The van der Waals surface area contributed by atoms with Gasteiger partial charge in [-0.25, -0.2) is 9.78 Å². The van der Waals surface area contributed by atoms with E-state index in [1.54, 1.807) is 6.07 Å². The van der Waals surface area contributed by atoms with Crippen LogP contribution >= 0.6 is 11.3 Å². The summed E-state index contributed by atoms with van der Waals surface area (Å²) in [6.07, 6.45) is -5.10. The van der Waals surface area contributed by atoms with Crippen LogP contribution in [0.5, 0.6) is 0 Å². The first-order valence-corrected chi connectivity index (χ1v) is 9.21. The van der Waals surface area contributed by atoms with E-state index >= 15 is 0 Å². The van der Waals surface area contributed by atoms with Crippen LogP contribution in [0.15, 0.2) is 34.1 Å². The molecule has 10 heteroatoms. The van der Waals surface area contributed by atoms with Gasteiger partial charge in [0, 0.05) is 23.4 Å². The second-order valence-electron chi connectivity index (χ2n) is 6.39. The number of carboxylic acids is 1. The fourth-order valence-electron chi connectivity index (χ4n) is 2.74. The average Bonchev–Trinajstić information content (AvgIpc) is 3.26. The molecule has 3 N–H and O–H groups in total. The summed E-state index contributed by atoms with van der Waals surface area (Å²) in [5, 5.41) is 23.0. The Morgan fingerprint density at radius 1 is 1.36 bits per heavy atom. The molecule has 2 atom stereocenters. The van der Waals surface area contributed by atoms with Gasteiger partial charge in [-0.05, 0) is 37.1 Å². The van der Waals surface area contributed by atoms with Gasteiger partial charge in [0.15, 0.2) is 5.01 Å². The summed E-state index contributed by atoms with van der Waals surface area (Å²) < 4.78 is 43.0. The summed E-state index contributed by atoms with van der Waals surface area (Å²) in [5.74, 6) is -1.28. The van der Waals surface area contributed by atoms with Crippen LogP contribution in [0.4, 0.5) is 13.2 Å². The highest BCUT2D eigenvalue weighted by atomic mass is 32.1. The van der Waals surface area contributed by atoms with Gasteiger partial charge in [0.25, 0.3) is 0 Å². The standard InChI is InChI=1S/C18H17F3N2O4S/c1-9(22-7-13(24)12-8-28-17(23-12)18(19,20)21)4-10-2-3-14-11(5-10)6-15(27-14)16(25)26/h2-3,5-6,8-9,13,22,24H,4,7H2,1H3,(H,25,26)/t9?,13-/m0/s1. The summed E-state index contributed by atoms with van der Waals surface area (Å²) in [5.41, 5.74) is 1.38. The fraction of sp³-hybridized carbons (Fsp3) is 0.333. The molecule has 0 saturated carbocycles. The number of halogens is 3. The highest BCUT2D eigenvalue weighted by molar-refractivity contribution is 7.09. The van der Waals surface area contributed by atoms with Crippen molar-refractivity contribution in [1.29, 1.82) is 0 Å². The first-order valence-electron chi connectivity index (χ1n) is 8.33. The predicted octanol–water partition coefficient (Wildman–Crippen LogP) is 3.86. The van der Waals surface area contributed by atoms with Crippen molar-refractivity contribution in [2.24, 2.45) is 0 Å². The van der Waals surface area contributed by atoms with Crippen molar-refractivity contribution in [2.45, 2.75) is 31.7 Å². The molecule has 0 fully saturated rings. The van der Waals surface area contributed by atoms with Crippen LogP contribution in [0, 0.1) is 0 Å². The molecule has 1 aromatic carbocycles. The van der Waals surface area contributed by atoms with E-state index < -0.39 is 23.3 Å². The molecule has 2 heterocycles. The van der Waals surface area contributed by atoms with Gasteiger partial charge in [0.05, 0.1) is 5.69 Å². The zero-order chi connectivity index (χ0) is 20.5. The van der Waals surface area contributed by atoms with Crippen molar-refractivity contribution in [3.05, 3.63) is 51.7 Å². The first kappa shape index (κ1) is 20.3. The van der Waals surface area contributed by atoms with Gasteiger partial charge < -0.3 is 19.9 Å². The van der Waals surface area contributed by atoms with Crippen LogP contribution in [0.2, 0.25) is 0 Å². The molecule has 3 aromatic rings. The lowest BCUT2D eigenvalue weighted by Crippen LogP contribution is -2.32. The number of rotatable bonds is 7.